The van der Waals surface area contributed by atoms with Gasteiger partial charge in [-0.25, -0.2) is 14.4 Å². The molecule has 3 nitrogen and oxygen atoms in total. The second-order valence-electron chi connectivity index (χ2n) is 4.72. The highest BCUT2D eigenvalue weighted by molar-refractivity contribution is 6.29. The van der Waals surface area contributed by atoms with Crippen molar-refractivity contribution in [1.29, 1.82) is 0 Å². The molecule has 3 rings (SSSR count). The van der Waals surface area contributed by atoms with Crippen LogP contribution in [0.5, 0.6) is 0 Å². The Hall–Kier alpha value is -1.68. The summed E-state index contributed by atoms with van der Waals surface area (Å²) >= 11 is 6.03. The molecule has 19 heavy (non-hydrogen) atoms. The van der Waals surface area contributed by atoms with Crippen molar-refractivity contribution in [1.82, 2.24) is 9.97 Å². The standard InChI is InChI=1S/C14H13ClFN3/c1-19(11-4-2-3-10(16)7-11)13-8-12(15)17-14(18-13)9-5-6-9/h2-4,7-9H,5-6H2,1H3. The Kier molecular flexibility index (Phi) is 3.11. The average molecular weight is 278 g/mol. The molecule has 1 aromatic carbocycles. The maximum absolute atomic E-state index is 13.3. The SMILES string of the molecule is CN(c1cccc(F)c1)c1cc(Cl)nc(C2CC2)n1. The van der Waals surface area contributed by atoms with Crippen molar-refractivity contribution in [3.63, 3.8) is 0 Å². The van der Waals surface area contributed by atoms with Gasteiger partial charge in [-0.3, -0.25) is 0 Å². The summed E-state index contributed by atoms with van der Waals surface area (Å²) in [5.74, 6) is 1.63. The van der Waals surface area contributed by atoms with Gasteiger partial charge < -0.3 is 4.90 Å². The number of halogens is 2. The van der Waals surface area contributed by atoms with Crippen LogP contribution in [0.1, 0.15) is 24.6 Å². The molecular formula is C14H13ClFN3. The minimum atomic E-state index is -0.271. The fourth-order valence-electron chi connectivity index (χ4n) is 1.94. The molecule has 1 aliphatic carbocycles. The van der Waals surface area contributed by atoms with E-state index in [1.807, 2.05) is 18.0 Å². The molecule has 98 valence electrons. The van der Waals surface area contributed by atoms with Gasteiger partial charge >= 0.3 is 0 Å². The summed E-state index contributed by atoms with van der Waals surface area (Å²) in [6, 6.07) is 8.08. The lowest BCUT2D eigenvalue weighted by Gasteiger charge is -2.19. The van der Waals surface area contributed by atoms with Crippen LogP contribution in [0.15, 0.2) is 30.3 Å². The number of aromatic nitrogens is 2. The van der Waals surface area contributed by atoms with Gasteiger partial charge in [-0.15, -0.1) is 0 Å². The van der Waals surface area contributed by atoms with Gasteiger partial charge in [0.05, 0.1) is 0 Å². The monoisotopic (exact) mass is 277 g/mol. The summed E-state index contributed by atoms with van der Waals surface area (Å²) in [6.07, 6.45) is 2.23. The molecule has 0 bridgehead atoms. The van der Waals surface area contributed by atoms with Crippen molar-refractivity contribution in [2.24, 2.45) is 0 Å². The van der Waals surface area contributed by atoms with Crippen molar-refractivity contribution in [3.8, 4) is 0 Å². The molecule has 0 N–H and O–H groups in total. The van der Waals surface area contributed by atoms with Crippen molar-refractivity contribution in [2.75, 3.05) is 11.9 Å². The van der Waals surface area contributed by atoms with Crippen molar-refractivity contribution < 1.29 is 4.39 Å². The maximum atomic E-state index is 13.3. The summed E-state index contributed by atoms with van der Waals surface area (Å²) in [7, 11) is 1.84. The third kappa shape index (κ3) is 2.68. The van der Waals surface area contributed by atoms with Crippen LogP contribution in [0.2, 0.25) is 5.15 Å². The zero-order chi connectivity index (χ0) is 13.4. The van der Waals surface area contributed by atoms with Gasteiger partial charge in [0.25, 0.3) is 0 Å². The molecule has 0 atom stereocenters. The summed E-state index contributed by atoms with van der Waals surface area (Å²) in [4.78, 5) is 10.6. The van der Waals surface area contributed by atoms with Crippen LogP contribution in [-0.2, 0) is 0 Å². The lowest BCUT2D eigenvalue weighted by molar-refractivity contribution is 0.628. The molecule has 1 heterocycles. The molecule has 5 heteroatoms. The fourth-order valence-corrected chi connectivity index (χ4v) is 2.12. The maximum Gasteiger partial charge on any atom is 0.137 e. The van der Waals surface area contributed by atoms with Gasteiger partial charge in [-0.2, -0.15) is 0 Å². The first kappa shape index (κ1) is 12.4. The van der Waals surface area contributed by atoms with Gasteiger partial charge in [-0.05, 0) is 31.0 Å². The van der Waals surface area contributed by atoms with E-state index in [1.165, 1.54) is 12.1 Å². The van der Waals surface area contributed by atoms with Gasteiger partial charge in [0, 0.05) is 24.7 Å². The van der Waals surface area contributed by atoms with Crippen LogP contribution in [0.25, 0.3) is 0 Å². The predicted octanol–water partition coefficient (Wildman–Crippen LogP) is 3.91. The largest absolute Gasteiger partial charge is 0.329 e. The van der Waals surface area contributed by atoms with E-state index in [0.717, 1.165) is 24.4 Å². The number of nitrogens with zero attached hydrogens (tertiary/aromatic N) is 3. The summed E-state index contributed by atoms with van der Waals surface area (Å²) in [5, 5.41) is 0.426. The Labute approximate surface area is 116 Å². The zero-order valence-corrected chi connectivity index (χ0v) is 11.2. The molecule has 2 aromatic rings. The van der Waals surface area contributed by atoms with E-state index < -0.39 is 0 Å². The highest BCUT2D eigenvalue weighted by Gasteiger charge is 2.27. The Morgan fingerprint density at radius 2 is 2.05 bits per heavy atom. The lowest BCUT2D eigenvalue weighted by atomic mass is 10.3. The zero-order valence-electron chi connectivity index (χ0n) is 10.5. The normalized spacial score (nSPS) is 14.5. The first-order valence-corrected chi connectivity index (χ1v) is 6.55. The lowest BCUT2D eigenvalue weighted by Crippen LogP contribution is -2.13. The number of hydrogen-bond acceptors (Lipinski definition) is 3. The van der Waals surface area contributed by atoms with E-state index in [2.05, 4.69) is 9.97 Å². The predicted molar refractivity (Wildman–Crippen MR) is 73.5 cm³/mol. The van der Waals surface area contributed by atoms with E-state index >= 15 is 0 Å². The van der Waals surface area contributed by atoms with Gasteiger partial charge in [0.1, 0.15) is 22.6 Å². The number of rotatable bonds is 3. The number of anilines is 2. The first-order chi connectivity index (χ1) is 9.13. The third-order valence-corrected chi connectivity index (χ3v) is 3.37. The van der Waals surface area contributed by atoms with Crippen LogP contribution < -0.4 is 4.90 Å². The van der Waals surface area contributed by atoms with Gasteiger partial charge in [-0.1, -0.05) is 17.7 Å². The van der Waals surface area contributed by atoms with Crippen molar-refractivity contribution in [2.45, 2.75) is 18.8 Å². The smallest absolute Gasteiger partial charge is 0.137 e. The molecule has 1 aliphatic rings. The Balaban J connectivity index is 1.96. The molecule has 0 spiro atoms. The van der Waals surface area contributed by atoms with Crippen molar-refractivity contribution >= 4 is 23.1 Å². The second-order valence-corrected chi connectivity index (χ2v) is 5.11. The van der Waals surface area contributed by atoms with Crippen LogP contribution in [-0.4, -0.2) is 17.0 Å². The molecule has 0 radical (unpaired) electrons. The van der Waals surface area contributed by atoms with Gasteiger partial charge in [0.15, 0.2) is 0 Å². The Bertz CT molecular complexity index is 613. The van der Waals surface area contributed by atoms with E-state index in [-0.39, 0.29) is 5.82 Å². The average Bonchev–Trinajstić information content (AvgIpc) is 3.21. The summed E-state index contributed by atoms with van der Waals surface area (Å²) in [5.41, 5.74) is 0.733. The minimum Gasteiger partial charge on any atom is -0.329 e. The minimum absolute atomic E-state index is 0.271. The molecule has 0 aliphatic heterocycles. The topological polar surface area (TPSA) is 29.0 Å². The third-order valence-electron chi connectivity index (χ3n) is 3.18. The Morgan fingerprint density at radius 1 is 1.26 bits per heavy atom. The van der Waals surface area contributed by atoms with E-state index in [4.69, 9.17) is 11.6 Å². The fraction of sp³-hybridized carbons (Fsp3) is 0.286. The van der Waals surface area contributed by atoms with Crippen molar-refractivity contribution in [3.05, 3.63) is 47.1 Å². The van der Waals surface area contributed by atoms with E-state index in [1.54, 1.807) is 12.1 Å². The molecule has 1 saturated carbocycles. The molecule has 1 aromatic heterocycles. The quantitative estimate of drug-likeness (QED) is 0.797. The van der Waals surface area contributed by atoms with Crippen LogP contribution in [0.4, 0.5) is 15.9 Å². The first-order valence-electron chi connectivity index (χ1n) is 6.17. The summed E-state index contributed by atoms with van der Waals surface area (Å²) in [6.45, 7) is 0. The molecule has 0 unspecified atom stereocenters. The molecular weight excluding hydrogens is 265 g/mol. The number of benzene rings is 1. The Morgan fingerprint density at radius 3 is 2.74 bits per heavy atom. The van der Waals surface area contributed by atoms with Crippen LogP contribution in [0, 0.1) is 5.82 Å². The molecule has 0 amide bonds. The van der Waals surface area contributed by atoms with Crippen LogP contribution in [0.3, 0.4) is 0 Å². The second kappa shape index (κ2) is 4.78. The summed E-state index contributed by atoms with van der Waals surface area (Å²) < 4.78 is 13.3. The van der Waals surface area contributed by atoms with E-state index in [0.29, 0.717) is 16.9 Å². The van der Waals surface area contributed by atoms with Crippen LogP contribution >= 0.6 is 11.6 Å². The highest BCUT2D eigenvalue weighted by atomic mass is 35.5. The van der Waals surface area contributed by atoms with E-state index in [9.17, 15) is 4.39 Å². The van der Waals surface area contributed by atoms with Gasteiger partial charge in [0.2, 0.25) is 0 Å². The number of hydrogen-bond donors (Lipinski definition) is 0. The molecule has 0 saturated heterocycles. The highest BCUT2D eigenvalue weighted by Crippen LogP contribution is 2.39. The molecule has 1 fully saturated rings.